The lowest BCUT2D eigenvalue weighted by Crippen LogP contribution is -2.41. The summed E-state index contributed by atoms with van der Waals surface area (Å²) in [4.78, 5) is 29.7. The zero-order valence-corrected chi connectivity index (χ0v) is 11.1. The first-order chi connectivity index (χ1) is 8.33. The van der Waals surface area contributed by atoms with Crippen LogP contribution in [0, 0.1) is 5.92 Å². The Bertz CT molecular complexity index is 411. The molecule has 2 aliphatic rings. The van der Waals surface area contributed by atoms with Gasteiger partial charge in [-0.3, -0.25) is 4.90 Å². The average molecular weight is 254 g/mol. The quantitative estimate of drug-likeness (QED) is 0.666. The number of carbonyl (C=O) groups excluding carboxylic acids is 2. The molecular weight excluding hydrogens is 236 g/mol. The highest BCUT2D eigenvalue weighted by molar-refractivity contribution is 6.10. The lowest BCUT2D eigenvalue weighted by atomic mass is 10.0. The number of amides is 1. The molecule has 2 heterocycles. The topological polar surface area (TPSA) is 68.2 Å². The Balaban J connectivity index is 2.15. The minimum atomic E-state index is -0.546. The SMILES string of the molecule is CCC1C2=NOC(=O)C2CN1C(=O)OC(C)(C)C. The molecule has 18 heavy (non-hydrogen) atoms. The second kappa shape index (κ2) is 4.26. The van der Waals surface area contributed by atoms with Crippen LogP contribution >= 0.6 is 0 Å². The predicted molar refractivity (Wildman–Crippen MR) is 64.0 cm³/mol. The van der Waals surface area contributed by atoms with Crippen LogP contribution in [-0.2, 0) is 14.4 Å². The standard InChI is InChI=1S/C12H18N2O4/c1-5-8-9-7(10(15)18-13-9)6-14(8)11(16)17-12(2,3)4/h7-8H,5-6H2,1-4H3. The summed E-state index contributed by atoms with van der Waals surface area (Å²) in [6.07, 6.45) is 0.282. The van der Waals surface area contributed by atoms with Crippen LogP contribution in [-0.4, -0.2) is 40.9 Å². The van der Waals surface area contributed by atoms with Crippen LogP contribution in [0.4, 0.5) is 4.79 Å². The molecule has 0 aromatic heterocycles. The Kier molecular flexibility index (Phi) is 3.04. The van der Waals surface area contributed by atoms with Crippen molar-refractivity contribution in [3.05, 3.63) is 0 Å². The van der Waals surface area contributed by atoms with Crippen LogP contribution in [0.25, 0.3) is 0 Å². The van der Waals surface area contributed by atoms with Crippen LogP contribution in [0.2, 0.25) is 0 Å². The highest BCUT2D eigenvalue weighted by atomic mass is 16.7. The van der Waals surface area contributed by atoms with Gasteiger partial charge < -0.3 is 9.57 Å². The zero-order valence-electron chi connectivity index (χ0n) is 11.1. The number of oxime groups is 1. The summed E-state index contributed by atoms with van der Waals surface area (Å²) in [5, 5.41) is 3.78. The van der Waals surface area contributed by atoms with E-state index in [1.807, 2.05) is 27.7 Å². The van der Waals surface area contributed by atoms with E-state index in [9.17, 15) is 9.59 Å². The van der Waals surface area contributed by atoms with Gasteiger partial charge in [0.25, 0.3) is 0 Å². The molecule has 6 heteroatoms. The molecule has 1 amide bonds. The fraction of sp³-hybridized carbons (Fsp3) is 0.750. The molecule has 1 fully saturated rings. The van der Waals surface area contributed by atoms with Gasteiger partial charge >= 0.3 is 12.1 Å². The van der Waals surface area contributed by atoms with E-state index < -0.39 is 17.6 Å². The predicted octanol–water partition coefficient (Wildman–Crippen LogP) is 1.54. The fourth-order valence-corrected chi connectivity index (χ4v) is 2.24. The molecule has 6 nitrogen and oxygen atoms in total. The number of nitrogens with zero attached hydrogens (tertiary/aromatic N) is 2. The highest BCUT2D eigenvalue weighted by Gasteiger charge is 2.49. The van der Waals surface area contributed by atoms with Crippen molar-refractivity contribution < 1.29 is 19.2 Å². The van der Waals surface area contributed by atoms with Crippen molar-refractivity contribution >= 4 is 17.8 Å². The van der Waals surface area contributed by atoms with Crippen LogP contribution in [0.15, 0.2) is 5.16 Å². The Morgan fingerprint density at radius 1 is 1.56 bits per heavy atom. The molecule has 2 aliphatic heterocycles. The minimum Gasteiger partial charge on any atom is -0.444 e. The summed E-state index contributed by atoms with van der Waals surface area (Å²) in [6, 6.07) is -0.198. The first-order valence-electron chi connectivity index (χ1n) is 6.11. The van der Waals surface area contributed by atoms with Crippen LogP contribution in [0.5, 0.6) is 0 Å². The smallest absolute Gasteiger partial charge is 0.410 e. The van der Waals surface area contributed by atoms with Gasteiger partial charge in [-0.25, -0.2) is 9.59 Å². The summed E-state index contributed by atoms with van der Waals surface area (Å²) >= 11 is 0. The van der Waals surface area contributed by atoms with Gasteiger partial charge in [0.15, 0.2) is 0 Å². The summed E-state index contributed by atoms with van der Waals surface area (Å²) in [5.41, 5.74) is 0.100. The van der Waals surface area contributed by atoms with Crippen molar-refractivity contribution in [3.63, 3.8) is 0 Å². The number of ether oxygens (including phenoxy) is 1. The molecular formula is C12H18N2O4. The van der Waals surface area contributed by atoms with Gasteiger partial charge in [-0.2, -0.15) is 0 Å². The third kappa shape index (κ3) is 2.19. The summed E-state index contributed by atoms with van der Waals surface area (Å²) in [7, 11) is 0. The van der Waals surface area contributed by atoms with E-state index in [1.165, 1.54) is 0 Å². The molecule has 2 unspecified atom stereocenters. The van der Waals surface area contributed by atoms with Crippen molar-refractivity contribution in [2.75, 3.05) is 6.54 Å². The number of rotatable bonds is 1. The molecule has 0 aromatic carbocycles. The molecule has 100 valence electrons. The van der Waals surface area contributed by atoms with Gasteiger partial charge in [-0.15, -0.1) is 0 Å². The van der Waals surface area contributed by atoms with Crippen LogP contribution in [0.3, 0.4) is 0 Å². The molecule has 2 atom stereocenters. The van der Waals surface area contributed by atoms with Crippen molar-refractivity contribution in [1.82, 2.24) is 4.90 Å². The Hall–Kier alpha value is -1.59. The third-order valence-corrected chi connectivity index (χ3v) is 2.99. The molecule has 0 aliphatic carbocycles. The van der Waals surface area contributed by atoms with E-state index in [4.69, 9.17) is 4.74 Å². The molecule has 0 N–H and O–H groups in total. The lowest BCUT2D eigenvalue weighted by Gasteiger charge is -2.27. The van der Waals surface area contributed by atoms with Gasteiger partial charge in [0.1, 0.15) is 11.5 Å². The first-order valence-corrected chi connectivity index (χ1v) is 6.11. The number of fused-ring (bicyclic) bond motifs is 1. The van der Waals surface area contributed by atoms with Gasteiger partial charge in [0.2, 0.25) is 0 Å². The molecule has 1 saturated heterocycles. The van der Waals surface area contributed by atoms with Crippen molar-refractivity contribution in [2.45, 2.75) is 45.8 Å². The Labute approximate surface area is 106 Å². The third-order valence-electron chi connectivity index (χ3n) is 2.99. The zero-order chi connectivity index (χ0) is 13.5. The van der Waals surface area contributed by atoms with Gasteiger partial charge in [-0.05, 0) is 27.2 Å². The number of hydrogen-bond donors (Lipinski definition) is 0. The maximum absolute atomic E-state index is 12.1. The molecule has 0 radical (unpaired) electrons. The molecule has 0 aromatic rings. The molecule has 0 spiro atoms. The largest absolute Gasteiger partial charge is 0.444 e. The fourth-order valence-electron chi connectivity index (χ4n) is 2.24. The monoisotopic (exact) mass is 254 g/mol. The molecule has 0 saturated carbocycles. The minimum absolute atomic E-state index is 0.198. The number of likely N-dealkylation sites (tertiary alicyclic amines) is 1. The van der Waals surface area contributed by atoms with E-state index >= 15 is 0 Å². The summed E-state index contributed by atoms with van der Waals surface area (Å²) in [5.74, 6) is -0.794. The van der Waals surface area contributed by atoms with Gasteiger partial charge in [0, 0.05) is 6.54 Å². The van der Waals surface area contributed by atoms with Crippen molar-refractivity contribution in [3.8, 4) is 0 Å². The van der Waals surface area contributed by atoms with E-state index in [0.29, 0.717) is 18.7 Å². The van der Waals surface area contributed by atoms with Gasteiger partial charge in [0.05, 0.1) is 11.8 Å². The Morgan fingerprint density at radius 2 is 2.22 bits per heavy atom. The maximum atomic E-state index is 12.1. The number of carbonyl (C=O) groups is 2. The molecule has 0 bridgehead atoms. The average Bonchev–Trinajstić information content (AvgIpc) is 2.76. The maximum Gasteiger partial charge on any atom is 0.410 e. The Morgan fingerprint density at radius 3 is 2.78 bits per heavy atom. The normalized spacial score (nSPS) is 26.8. The second-order valence-corrected chi connectivity index (χ2v) is 5.54. The number of hydrogen-bond acceptors (Lipinski definition) is 5. The van der Waals surface area contributed by atoms with Crippen LogP contribution < -0.4 is 0 Å². The summed E-state index contributed by atoms with van der Waals surface area (Å²) in [6.45, 7) is 7.68. The lowest BCUT2D eigenvalue weighted by molar-refractivity contribution is -0.143. The summed E-state index contributed by atoms with van der Waals surface area (Å²) < 4.78 is 5.33. The van der Waals surface area contributed by atoms with E-state index in [0.717, 1.165) is 0 Å². The highest BCUT2D eigenvalue weighted by Crippen LogP contribution is 2.29. The second-order valence-electron chi connectivity index (χ2n) is 5.54. The van der Waals surface area contributed by atoms with E-state index in [2.05, 4.69) is 9.99 Å². The van der Waals surface area contributed by atoms with E-state index in [-0.39, 0.29) is 12.0 Å². The van der Waals surface area contributed by atoms with Gasteiger partial charge in [-0.1, -0.05) is 12.1 Å². The van der Waals surface area contributed by atoms with Crippen molar-refractivity contribution in [1.29, 1.82) is 0 Å². The van der Waals surface area contributed by atoms with E-state index in [1.54, 1.807) is 4.90 Å². The first kappa shape index (κ1) is 12.9. The van der Waals surface area contributed by atoms with Crippen LogP contribution in [0.1, 0.15) is 34.1 Å². The molecule has 2 rings (SSSR count). The van der Waals surface area contributed by atoms with Crippen molar-refractivity contribution in [2.24, 2.45) is 11.1 Å².